The second-order valence-corrected chi connectivity index (χ2v) is 3.23. The largest absolute Gasteiger partial charge is 0.491 e. The molecule has 0 aliphatic carbocycles. The van der Waals surface area contributed by atoms with Crippen LogP contribution in [0.5, 0.6) is 5.75 Å². The lowest BCUT2D eigenvalue weighted by molar-refractivity contribution is 0.0692. The van der Waals surface area contributed by atoms with Gasteiger partial charge < -0.3 is 9.84 Å². The maximum absolute atomic E-state index is 10.8. The zero-order valence-electron chi connectivity index (χ0n) is 8.56. The number of ether oxygens (including phenoxy) is 1. The molecule has 0 aliphatic rings. The van der Waals surface area contributed by atoms with E-state index in [1.807, 2.05) is 6.92 Å². The van der Waals surface area contributed by atoms with Gasteiger partial charge in [-0.05, 0) is 13.0 Å². The van der Waals surface area contributed by atoms with E-state index in [2.05, 4.69) is 11.6 Å². The number of carboxylic acids is 1. The molecule has 0 aliphatic heterocycles. The highest BCUT2D eigenvalue weighted by Gasteiger charge is 2.10. The number of pyridine rings is 1. The summed E-state index contributed by atoms with van der Waals surface area (Å²) >= 11 is 0. The Hall–Kier alpha value is -1.84. The fourth-order valence-electron chi connectivity index (χ4n) is 1.01. The summed E-state index contributed by atoms with van der Waals surface area (Å²) in [7, 11) is 0. The molecule has 0 unspecified atom stereocenters. The van der Waals surface area contributed by atoms with Crippen molar-refractivity contribution < 1.29 is 14.6 Å². The van der Waals surface area contributed by atoms with Gasteiger partial charge in [0.25, 0.3) is 0 Å². The Labute approximate surface area is 88.2 Å². The van der Waals surface area contributed by atoms with E-state index in [-0.39, 0.29) is 5.56 Å². The van der Waals surface area contributed by atoms with Gasteiger partial charge in [-0.1, -0.05) is 5.57 Å². The van der Waals surface area contributed by atoms with Gasteiger partial charge in [0.2, 0.25) is 0 Å². The summed E-state index contributed by atoms with van der Waals surface area (Å²) in [5, 5.41) is 8.85. The van der Waals surface area contributed by atoms with Crippen LogP contribution in [0.15, 0.2) is 30.6 Å². The lowest BCUT2D eigenvalue weighted by atomic mass is 10.2. The lowest BCUT2D eigenvalue weighted by Crippen LogP contribution is -2.05. The number of aromatic carboxylic acids is 1. The summed E-state index contributed by atoms with van der Waals surface area (Å²) in [6.45, 7) is 6.04. The van der Waals surface area contributed by atoms with Crippen molar-refractivity contribution in [2.45, 2.75) is 13.3 Å². The van der Waals surface area contributed by atoms with Crippen LogP contribution in [0.4, 0.5) is 0 Å². The third-order valence-electron chi connectivity index (χ3n) is 1.80. The molecule has 1 rings (SSSR count). The number of hydrogen-bond donors (Lipinski definition) is 1. The molecule has 4 nitrogen and oxygen atoms in total. The van der Waals surface area contributed by atoms with Crippen molar-refractivity contribution in [1.82, 2.24) is 4.98 Å². The second-order valence-electron chi connectivity index (χ2n) is 3.23. The van der Waals surface area contributed by atoms with Crippen molar-refractivity contribution in [1.29, 1.82) is 0 Å². The minimum Gasteiger partial charge on any atom is -0.491 e. The van der Waals surface area contributed by atoms with Gasteiger partial charge in [0, 0.05) is 12.6 Å². The van der Waals surface area contributed by atoms with E-state index in [1.165, 1.54) is 18.5 Å². The first-order chi connectivity index (χ1) is 7.11. The second kappa shape index (κ2) is 5.14. The van der Waals surface area contributed by atoms with Crippen LogP contribution in [-0.4, -0.2) is 22.7 Å². The Morgan fingerprint density at radius 1 is 1.67 bits per heavy atom. The normalized spacial score (nSPS) is 9.67. The number of carboxylic acid groups (broad SMARTS) is 1. The Kier molecular flexibility index (Phi) is 3.85. The van der Waals surface area contributed by atoms with Crippen molar-refractivity contribution in [3.05, 3.63) is 36.2 Å². The minimum absolute atomic E-state index is 0.131. The minimum atomic E-state index is -1.01. The monoisotopic (exact) mass is 207 g/mol. The summed E-state index contributed by atoms with van der Waals surface area (Å²) in [6, 6.07) is 1.42. The van der Waals surface area contributed by atoms with Crippen LogP contribution in [0.3, 0.4) is 0 Å². The molecule has 1 N–H and O–H groups in total. The SMILES string of the molecule is C=C(C)CCOc1cnccc1C(=O)O. The standard InChI is InChI=1S/C11H13NO3/c1-8(2)4-6-15-10-7-12-5-3-9(10)11(13)14/h3,5,7H,1,4,6H2,2H3,(H,13,14). The molecule has 0 saturated carbocycles. The topological polar surface area (TPSA) is 59.4 Å². The van der Waals surface area contributed by atoms with Crippen LogP contribution in [0.2, 0.25) is 0 Å². The molecule has 1 aromatic heterocycles. The van der Waals surface area contributed by atoms with Crippen LogP contribution in [-0.2, 0) is 0 Å². The number of hydrogen-bond acceptors (Lipinski definition) is 3. The zero-order chi connectivity index (χ0) is 11.3. The van der Waals surface area contributed by atoms with Gasteiger partial charge in [0.15, 0.2) is 5.75 Å². The van der Waals surface area contributed by atoms with Gasteiger partial charge in [0.05, 0.1) is 12.8 Å². The predicted octanol–water partition coefficient (Wildman–Crippen LogP) is 2.12. The summed E-state index contributed by atoms with van der Waals surface area (Å²) in [6.07, 6.45) is 3.53. The van der Waals surface area contributed by atoms with Crippen molar-refractivity contribution in [3.63, 3.8) is 0 Å². The van der Waals surface area contributed by atoms with Gasteiger partial charge in [0.1, 0.15) is 5.56 Å². The molecule has 0 bridgehead atoms. The molecule has 4 heteroatoms. The fraction of sp³-hybridized carbons (Fsp3) is 0.273. The summed E-state index contributed by atoms with van der Waals surface area (Å²) in [5.74, 6) is -0.714. The highest BCUT2D eigenvalue weighted by atomic mass is 16.5. The van der Waals surface area contributed by atoms with E-state index in [4.69, 9.17) is 9.84 Å². The highest BCUT2D eigenvalue weighted by molar-refractivity contribution is 5.90. The molecule has 0 fully saturated rings. The van der Waals surface area contributed by atoms with Gasteiger partial charge in [-0.15, -0.1) is 6.58 Å². The summed E-state index contributed by atoms with van der Waals surface area (Å²) in [5.41, 5.74) is 1.13. The molecule has 0 aromatic carbocycles. The molecule has 1 aromatic rings. The van der Waals surface area contributed by atoms with Crippen LogP contribution in [0.1, 0.15) is 23.7 Å². The van der Waals surface area contributed by atoms with Gasteiger partial charge in [-0.3, -0.25) is 4.98 Å². The molecular formula is C11H13NO3. The van der Waals surface area contributed by atoms with Gasteiger partial charge in [-0.25, -0.2) is 4.79 Å². The van der Waals surface area contributed by atoms with E-state index in [0.29, 0.717) is 18.8 Å². The van der Waals surface area contributed by atoms with Gasteiger partial charge >= 0.3 is 5.97 Å². The van der Waals surface area contributed by atoms with E-state index < -0.39 is 5.97 Å². The third kappa shape index (κ3) is 3.42. The average Bonchev–Trinajstić information content (AvgIpc) is 2.17. The van der Waals surface area contributed by atoms with Crippen molar-refractivity contribution in [2.24, 2.45) is 0 Å². The Balaban J connectivity index is 2.67. The van der Waals surface area contributed by atoms with Crippen LogP contribution < -0.4 is 4.74 Å². The molecule has 0 saturated heterocycles. The van der Waals surface area contributed by atoms with Crippen LogP contribution in [0, 0.1) is 0 Å². The Morgan fingerprint density at radius 2 is 2.40 bits per heavy atom. The molecule has 0 amide bonds. The first kappa shape index (κ1) is 11.2. The smallest absolute Gasteiger partial charge is 0.339 e. The molecular weight excluding hydrogens is 194 g/mol. The third-order valence-corrected chi connectivity index (χ3v) is 1.80. The fourth-order valence-corrected chi connectivity index (χ4v) is 1.01. The van der Waals surface area contributed by atoms with Crippen molar-refractivity contribution in [2.75, 3.05) is 6.61 Å². The molecule has 0 radical (unpaired) electrons. The van der Waals surface area contributed by atoms with E-state index in [0.717, 1.165) is 5.57 Å². The predicted molar refractivity (Wildman–Crippen MR) is 56.1 cm³/mol. The first-order valence-electron chi connectivity index (χ1n) is 4.55. The van der Waals surface area contributed by atoms with Crippen LogP contribution in [0.25, 0.3) is 0 Å². The molecule has 1 heterocycles. The maximum Gasteiger partial charge on any atom is 0.339 e. The molecule has 0 atom stereocenters. The number of rotatable bonds is 5. The van der Waals surface area contributed by atoms with Crippen molar-refractivity contribution in [3.8, 4) is 5.75 Å². The molecule has 0 spiro atoms. The van der Waals surface area contributed by atoms with E-state index in [1.54, 1.807) is 0 Å². The van der Waals surface area contributed by atoms with Crippen LogP contribution >= 0.6 is 0 Å². The Bertz CT molecular complexity index is 374. The number of aromatic nitrogens is 1. The van der Waals surface area contributed by atoms with Crippen molar-refractivity contribution >= 4 is 5.97 Å². The number of carbonyl (C=O) groups is 1. The molecule has 80 valence electrons. The van der Waals surface area contributed by atoms with E-state index >= 15 is 0 Å². The quantitative estimate of drug-likeness (QED) is 0.751. The van der Waals surface area contributed by atoms with Gasteiger partial charge in [-0.2, -0.15) is 0 Å². The Morgan fingerprint density at radius 3 is 3.00 bits per heavy atom. The molecule has 15 heavy (non-hydrogen) atoms. The summed E-state index contributed by atoms with van der Waals surface area (Å²) < 4.78 is 5.31. The average molecular weight is 207 g/mol. The number of nitrogens with zero attached hydrogens (tertiary/aromatic N) is 1. The lowest BCUT2D eigenvalue weighted by Gasteiger charge is -2.07. The highest BCUT2D eigenvalue weighted by Crippen LogP contribution is 2.16. The summed E-state index contributed by atoms with van der Waals surface area (Å²) in [4.78, 5) is 14.6. The zero-order valence-corrected chi connectivity index (χ0v) is 8.56. The first-order valence-corrected chi connectivity index (χ1v) is 4.55. The maximum atomic E-state index is 10.8. The van der Waals surface area contributed by atoms with E-state index in [9.17, 15) is 4.79 Å².